The van der Waals surface area contributed by atoms with Gasteiger partial charge in [0.15, 0.2) is 13.9 Å². The van der Waals surface area contributed by atoms with Crippen LogP contribution in [0.3, 0.4) is 0 Å². The fourth-order valence-corrected chi connectivity index (χ4v) is 3.21. The molecule has 0 radical (unpaired) electrons. The van der Waals surface area contributed by atoms with Crippen LogP contribution in [-0.4, -0.2) is 33.8 Å². The van der Waals surface area contributed by atoms with Crippen LogP contribution in [-0.2, 0) is 13.9 Å². The molecule has 0 aromatic heterocycles. The Balaban J connectivity index is 4.43. The molecule has 0 aromatic rings. The van der Waals surface area contributed by atoms with E-state index >= 15 is 0 Å². The van der Waals surface area contributed by atoms with Crippen molar-refractivity contribution in [2.45, 2.75) is 91.0 Å². The smallest absolute Gasteiger partial charge is 0.438 e. The molecule has 160 valence electrons. The lowest BCUT2D eigenvalue weighted by Gasteiger charge is -2.36. The molecule has 0 saturated heterocycles. The average molecular weight is 409 g/mol. The van der Waals surface area contributed by atoms with E-state index in [1.54, 1.807) is 6.92 Å². The van der Waals surface area contributed by atoms with Crippen molar-refractivity contribution in [3.8, 4) is 12.3 Å². The Morgan fingerprint density at radius 3 is 2.14 bits per heavy atom. The van der Waals surface area contributed by atoms with E-state index in [0.29, 0.717) is 13.0 Å². The second kappa shape index (κ2) is 11.5. The Bertz CT molecular complexity index is 605. The Morgan fingerprint density at radius 1 is 1.07 bits per heavy atom. The number of methoxy groups -OCH3 is 1. The van der Waals surface area contributed by atoms with E-state index in [1.807, 2.05) is 0 Å². The van der Waals surface area contributed by atoms with Crippen LogP contribution < -0.4 is 0 Å². The highest BCUT2D eigenvalue weighted by atomic mass is 28.4. The molecule has 5 heteroatoms. The predicted molar refractivity (Wildman–Crippen MR) is 120 cm³/mol. The average Bonchev–Trinajstić information content (AvgIpc) is 2.59. The molecule has 0 aliphatic heterocycles. The maximum atomic E-state index is 11.3. The third kappa shape index (κ3) is 10.1. The van der Waals surface area contributed by atoms with Gasteiger partial charge in [0.05, 0.1) is 13.7 Å². The van der Waals surface area contributed by atoms with E-state index in [0.717, 1.165) is 19.3 Å². The van der Waals surface area contributed by atoms with Crippen molar-refractivity contribution in [2.75, 3.05) is 13.7 Å². The summed E-state index contributed by atoms with van der Waals surface area (Å²) in [6.45, 7) is 18.0. The van der Waals surface area contributed by atoms with E-state index in [4.69, 9.17) is 15.6 Å². The number of rotatable bonds is 10. The molecule has 0 rings (SSSR count). The van der Waals surface area contributed by atoms with Crippen molar-refractivity contribution in [3.05, 3.63) is 23.3 Å². The van der Waals surface area contributed by atoms with Crippen LogP contribution in [0.15, 0.2) is 23.3 Å². The van der Waals surface area contributed by atoms with Crippen LogP contribution >= 0.6 is 0 Å². The van der Waals surface area contributed by atoms with Crippen molar-refractivity contribution in [3.63, 3.8) is 0 Å². The van der Waals surface area contributed by atoms with Gasteiger partial charge in [-0.15, -0.1) is 6.42 Å². The second-order valence-corrected chi connectivity index (χ2v) is 14.0. The van der Waals surface area contributed by atoms with Crippen molar-refractivity contribution < 1.29 is 18.7 Å². The Labute approximate surface area is 173 Å². The third-order valence-electron chi connectivity index (χ3n) is 5.39. The van der Waals surface area contributed by atoms with Gasteiger partial charge in [0.2, 0.25) is 0 Å². The molecule has 0 saturated carbocycles. The number of carbonyl (C=O) groups excluding carboxylic acids is 1. The zero-order valence-electron chi connectivity index (χ0n) is 19.4. The molecule has 0 spiro atoms. The third-order valence-corrected chi connectivity index (χ3v) is 9.87. The van der Waals surface area contributed by atoms with Gasteiger partial charge in [-0.25, -0.2) is 4.79 Å². The second-order valence-electron chi connectivity index (χ2n) is 9.16. The van der Waals surface area contributed by atoms with Gasteiger partial charge < -0.3 is 13.9 Å². The molecule has 1 unspecified atom stereocenters. The van der Waals surface area contributed by atoms with Crippen LogP contribution in [0.1, 0.15) is 67.2 Å². The summed E-state index contributed by atoms with van der Waals surface area (Å²) in [6, 6.07) is 0. The molecule has 0 aliphatic rings. The maximum Gasteiger partial charge on any atom is 0.509 e. The largest absolute Gasteiger partial charge is 0.509 e. The lowest BCUT2D eigenvalue weighted by atomic mass is 9.99. The summed E-state index contributed by atoms with van der Waals surface area (Å²) >= 11 is 0. The molecule has 4 nitrogen and oxygen atoms in total. The summed E-state index contributed by atoms with van der Waals surface area (Å²) in [5, 5.41) is 0.233. The standard InChI is InChI=1S/C23H40O4Si/c1-11-23(7,27-21(24)25-8)17-13-16-19(2)14-12-15-20(3)18-26-28(9,10)22(4,5)6/h1,15-16H,12-14,17-18H2,2-10H3/b19-16+,20-15+. The zero-order valence-corrected chi connectivity index (χ0v) is 20.4. The lowest BCUT2D eigenvalue weighted by Crippen LogP contribution is -2.41. The van der Waals surface area contributed by atoms with Gasteiger partial charge in [-0.05, 0) is 58.2 Å². The minimum Gasteiger partial charge on any atom is -0.438 e. The number of carbonyl (C=O) groups is 1. The highest BCUT2D eigenvalue weighted by Gasteiger charge is 2.36. The molecule has 0 aliphatic carbocycles. The Kier molecular flexibility index (Phi) is 10.9. The molecule has 0 amide bonds. The molecule has 0 bridgehead atoms. The quantitative estimate of drug-likeness (QED) is 0.176. The highest BCUT2D eigenvalue weighted by Crippen LogP contribution is 2.36. The monoisotopic (exact) mass is 408 g/mol. The number of terminal acetylenes is 1. The molecular weight excluding hydrogens is 368 g/mol. The Hall–Kier alpha value is -1.51. The fourth-order valence-electron chi connectivity index (χ4n) is 2.19. The summed E-state index contributed by atoms with van der Waals surface area (Å²) in [7, 11) is -0.422. The first kappa shape index (κ1) is 26.5. The van der Waals surface area contributed by atoms with E-state index < -0.39 is 20.1 Å². The van der Waals surface area contributed by atoms with Crippen LogP contribution in [0, 0.1) is 12.3 Å². The highest BCUT2D eigenvalue weighted by molar-refractivity contribution is 6.74. The van der Waals surface area contributed by atoms with Crippen molar-refractivity contribution in [2.24, 2.45) is 0 Å². The van der Waals surface area contributed by atoms with Crippen LogP contribution in [0.2, 0.25) is 18.1 Å². The summed E-state index contributed by atoms with van der Waals surface area (Å²) in [5.41, 5.74) is 1.64. The van der Waals surface area contributed by atoms with Gasteiger partial charge in [-0.1, -0.05) is 50.0 Å². The van der Waals surface area contributed by atoms with E-state index in [1.165, 1.54) is 18.3 Å². The van der Waals surface area contributed by atoms with Gasteiger partial charge in [0, 0.05) is 6.42 Å². The normalized spacial score (nSPS) is 15.6. The number of hydrogen-bond acceptors (Lipinski definition) is 4. The lowest BCUT2D eigenvalue weighted by molar-refractivity contribution is 0.0101. The van der Waals surface area contributed by atoms with Crippen molar-refractivity contribution >= 4 is 14.5 Å². The van der Waals surface area contributed by atoms with Crippen molar-refractivity contribution in [1.29, 1.82) is 0 Å². The van der Waals surface area contributed by atoms with Crippen LogP contribution in [0.4, 0.5) is 4.79 Å². The topological polar surface area (TPSA) is 44.8 Å². The summed E-state index contributed by atoms with van der Waals surface area (Å²) in [5.74, 6) is 2.54. The van der Waals surface area contributed by atoms with Gasteiger partial charge >= 0.3 is 6.16 Å². The van der Waals surface area contributed by atoms with Crippen molar-refractivity contribution in [1.82, 2.24) is 0 Å². The van der Waals surface area contributed by atoms with Crippen LogP contribution in [0.25, 0.3) is 0 Å². The maximum absolute atomic E-state index is 11.3. The first-order valence-electron chi connectivity index (χ1n) is 9.96. The van der Waals surface area contributed by atoms with Gasteiger partial charge in [0.25, 0.3) is 0 Å². The fraction of sp³-hybridized carbons (Fsp3) is 0.696. The first-order chi connectivity index (χ1) is 12.8. The number of ether oxygens (including phenoxy) is 2. The number of allylic oxidation sites excluding steroid dienone is 3. The molecule has 28 heavy (non-hydrogen) atoms. The summed E-state index contributed by atoms with van der Waals surface area (Å²) in [6.07, 6.45) is 12.5. The van der Waals surface area contributed by atoms with Gasteiger partial charge in [0.1, 0.15) is 0 Å². The van der Waals surface area contributed by atoms with Crippen LogP contribution in [0.5, 0.6) is 0 Å². The van der Waals surface area contributed by atoms with E-state index in [2.05, 4.69) is 70.5 Å². The minimum absolute atomic E-state index is 0.233. The zero-order chi connectivity index (χ0) is 22.0. The molecule has 0 aromatic carbocycles. The minimum atomic E-state index is -1.70. The molecule has 1 atom stereocenters. The molecule has 0 fully saturated rings. The molecular formula is C23H40O4Si. The van der Waals surface area contributed by atoms with E-state index in [-0.39, 0.29) is 5.04 Å². The molecule has 0 heterocycles. The first-order valence-corrected chi connectivity index (χ1v) is 12.9. The SMILES string of the molecule is C#CC(C)(CC/C=C(\C)CC/C=C(\C)CO[Si](C)(C)C(C)(C)C)OC(=O)OC. The van der Waals surface area contributed by atoms with Gasteiger partial charge in [-0.3, -0.25) is 0 Å². The Morgan fingerprint density at radius 2 is 1.64 bits per heavy atom. The van der Waals surface area contributed by atoms with Gasteiger partial charge in [-0.2, -0.15) is 0 Å². The predicted octanol–water partition coefficient (Wildman–Crippen LogP) is 6.64. The summed E-state index contributed by atoms with van der Waals surface area (Å²) < 4.78 is 15.9. The van der Waals surface area contributed by atoms with E-state index in [9.17, 15) is 4.79 Å². The summed E-state index contributed by atoms with van der Waals surface area (Å²) in [4.78, 5) is 11.3. The number of hydrogen-bond donors (Lipinski definition) is 0. The molecule has 0 N–H and O–H groups in total.